The summed E-state index contributed by atoms with van der Waals surface area (Å²) in [6.07, 6.45) is 5.90. The molecular weight excluding hydrogens is 359 g/mol. The lowest BCUT2D eigenvalue weighted by molar-refractivity contribution is -0.134. The molecule has 1 aromatic carbocycles. The van der Waals surface area contributed by atoms with Crippen LogP contribution in [0.2, 0.25) is 10.0 Å². The quantitative estimate of drug-likeness (QED) is 0.843. The number of hydrogen-bond donors (Lipinski definition) is 1. The molecule has 25 heavy (non-hydrogen) atoms. The highest BCUT2D eigenvalue weighted by Crippen LogP contribution is 2.40. The van der Waals surface area contributed by atoms with Crippen LogP contribution < -0.4 is 5.32 Å². The van der Waals surface area contributed by atoms with Crippen LogP contribution in [-0.2, 0) is 16.0 Å². The topological polar surface area (TPSA) is 49.4 Å². The summed E-state index contributed by atoms with van der Waals surface area (Å²) in [6, 6.07) is 5.37. The highest BCUT2D eigenvalue weighted by molar-refractivity contribution is 6.35. The van der Waals surface area contributed by atoms with Crippen molar-refractivity contribution in [3.05, 3.63) is 33.8 Å². The molecule has 0 spiro atoms. The van der Waals surface area contributed by atoms with E-state index in [-0.39, 0.29) is 23.7 Å². The van der Waals surface area contributed by atoms with Crippen LogP contribution in [0.3, 0.4) is 0 Å². The first-order valence-electron chi connectivity index (χ1n) is 9.06. The lowest BCUT2D eigenvalue weighted by atomic mass is 10.1. The lowest BCUT2D eigenvalue weighted by Gasteiger charge is -2.20. The minimum absolute atomic E-state index is 0.0155. The third-order valence-corrected chi connectivity index (χ3v) is 5.66. The Balaban J connectivity index is 1.43. The summed E-state index contributed by atoms with van der Waals surface area (Å²) >= 11 is 12.0. The van der Waals surface area contributed by atoms with Gasteiger partial charge in [0.1, 0.15) is 0 Å². The molecule has 6 heteroatoms. The van der Waals surface area contributed by atoms with Crippen LogP contribution in [0.15, 0.2) is 18.2 Å². The van der Waals surface area contributed by atoms with Crippen molar-refractivity contribution in [1.82, 2.24) is 10.2 Å². The summed E-state index contributed by atoms with van der Waals surface area (Å²) in [5.74, 6) is -0.116. The molecule has 0 radical (unpaired) electrons. The predicted molar refractivity (Wildman–Crippen MR) is 99.8 cm³/mol. The second-order valence-corrected chi connectivity index (χ2v) is 7.81. The number of rotatable bonds is 5. The zero-order chi connectivity index (χ0) is 17.8. The third kappa shape index (κ3) is 4.89. The van der Waals surface area contributed by atoms with Gasteiger partial charge in [-0.05, 0) is 43.4 Å². The van der Waals surface area contributed by atoms with E-state index in [0.717, 1.165) is 31.5 Å². The highest BCUT2D eigenvalue weighted by atomic mass is 35.5. The number of carbonyl (C=O) groups is 2. The first-order chi connectivity index (χ1) is 12.1. The van der Waals surface area contributed by atoms with Crippen LogP contribution in [0.1, 0.15) is 37.7 Å². The smallest absolute Gasteiger partial charge is 0.226 e. The molecule has 4 nitrogen and oxygen atoms in total. The van der Waals surface area contributed by atoms with E-state index in [1.807, 2.05) is 11.0 Å². The Morgan fingerprint density at radius 1 is 1.08 bits per heavy atom. The minimum Gasteiger partial charge on any atom is -0.356 e. The second kappa shape index (κ2) is 8.41. The van der Waals surface area contributed by atoms with Crippen LogP contribution in [0, 0.1) is 11.8 Å². The molecule has 2 aliphatic rings. The molecular formula is C19H24Cl2N2O2. The van der Waals surface area contributed by atoms with Crippen LogP contribution in [0.25, 0.3) is 0 Å². The summed E-state index contributed by atoms with van der Waals surface area (Å²) in [5, 5.41) is 4.15. The van der Waals surface area contributed by atoms with E-state index >= 15 is 0 Å². The monoisotopic (exact) mass is 382 g/mol. The zero-order valence-electron chi connectivity index (χ0n) is 14.3. The zero-order valence-corrected chi connectivity index (χ0v) is 15.8. The van der Waals surface area contributed by atoms with E-state index in [1.54, 1.807) is 12.1 Å². The Hall–Kier alpha value is -1.26. The van der Waals surface area contributed by atoms with E-state index in [2.05, 4.69) is 5.32 Å². The molecule has 3 rings (SSSR count). The number of nitrogens with zero attached hydrogens (tertiary/aromatic N) is 1. The Labute approximate surface area is 158 Å². The van der Waals surface area contributed by atoms with Crippen molar-refractivity contribution in [3.8, 4) is 0 Å². The Morgan fingerprint density at radius 2 is 1.80 bits per heavy atom. The van der Waals surface area contributed by atoms with Crippen molar-refractivity contribution >= 4 is 35.0 Å². The molecule has 1 N–H and O–H groups in total. The maximum atomic E-state index is 12.5. The molecule has 0 aromatic heterocycles. The molecule has 2 unspecified atom stereocenters. The Kier molecular flexibility index (Phi) is 6.24. The lowest BCUT2D eigenvalue weighted by Crippen LogP contribution is -2.35. The van der Waals surface area contributed by atoms with Crippen molar-refractivity contribution in [2.75, 3.05) is 19.6 Å². The summed E-state index contributed by atoms with van der Waals surface area (Å²) < 4.78 is 0. The molecule has 1 aromatic rings. The van der Waals surface area contributed by atoms with Gasteiger partial charge in [0.05, 0.1) is 11.8 Å². The van der Waals surface area contributed by atoms with Crippen LogP contribution in [0.5, 0.6) is 0 Å². The fraction of sp³-hybridized carbons (Fsp3) is 0.579. The molecule has 1 aliphatic heterocycles. The average Bonchev–Trinajstić information content (AvgIpc) is 3.40. The number of hydrogen-bond acceptors (Lipinski definition) is 2. The van der Waals surface area contributed by atoms with Crippen LogP contribution >= 0.6 is 23.2 Å². The number of halogens is 2. The van der Waals surface area contributed by atoms with Gasteiger partial charge in [-0.15, -0.1) is 0 Å². The fourth-order valence-electron chi connectivity index (χ4n) is 3.46. The number of amides is 2. The Bertz CT molecular complexity index is 642. The SMILES string of the molecule is O=C(NCCc1ccc(Cl)cc1Cl)C1CC1C(=O)N1CCCCCC1. The number of likely N-dealkylation sites (tertiary alicyclic amines) is 1. The standard InChI is InChI=1S/C19H24Cl2N2O2/c20-14-6-5-13(17(21)11-14)7-8-22-18(24)15-12-16(15)19(25)23-9-3-1-2-4-10-23/h5-6,11,15-16H,1-4,7-10,12H2,(H,22,24). The minimum atomic E-state index is -0.156. The van der Waals surface area contributed by atoms with E-state index < -0.39 is 0 Å². The van der Waals surface area contributed by atoms with Gasteiger partial charge in [-0.1, -0.05) is 42.1 Å². The van der Waals surface area contributed by atoms with Gasteiger partial charge in [0.25, 0.3) is 0 Å². The first kappa shape index (κ1) is 18.5. The van der Waals surface area contributed by atoms with Crippen molar-refractivity contribution in [3.63, 3.8) is 0 Å². The van der Waals surface area contributed by atoms with Gasteiger partial charge in [0.15, 0.2) is 0 Å². The molecule has 2 atom stereocenters. The van der Waals surface area contributed by atoms with Crippen LogP contribution in [-0.4, -0.2) is 36.3 Å². The van der Waals surface area contributed by atoms with Gasteiger partial charge in [0.2, 0.25) is 11.8 Å². The first-order valence-corrected chi connectivity index (χ1v) is 9.82. The summed E-state index contributed by atoms with van der Waals surface area (Å²) in [5.41, 5.74) is 0.958. The maximum Gasteiger partial charge on any atom is 0.226 e. The van der Waals surface area contributed by atoms with E-state index in [4.69, 9.17) is 23.2 Å². The second-order valence-electron chi connectivity index (χ2n) is 6.96. The highest BCUT2D eigenvalue weighted by Gasteiger charge is 2.49. The average molecular weight is 383 g/mol. The summed E-state index contributed by atoms with van der Waals surface area (Å²) in [6.45, 7) is 2.21. The number of carbonyl (C=O) groups excluding carboxylic acids is 2. The van der Waals surface area contributed by atoms with Gasteiger partial charge in [0, 0.05) is 29.7 Å². The van der Waals surface area contributed by atoms with Gasteiger partial charge >= 0.3 is 0 Å². The van der Waals surface area contributed by atoms with Crippen molar-refractivity contribution < 1.29 is 9.59 Å². The maximum absolute atomic E-state index is 12.5. The molecule has 1 saturated heterocycles. The summed E-state index contributed by atoms with van der Waals surface area (Å²) in [7, 11) is 0. The van der Waals surface area contributed by atoms with Crippen molar-refractivity contribution in [1.29, 1.82) is 0 Å². The fourth-order valence-corrected chi connectivity index (χ4v) is 3.96. The summed E-state index contributed by atoms with van der Waals surface area (Å²) in [4.78, 5) is 26.7. The van der Waals surface area contributed by atoms with Gasteiger partial charge in [-0.3, -0.25) is 9.59 Å². The molecule has 136 valence electrons. The molecule has 1 saturated carbocycles. The Morgan fingerprint density at radius 3 is 2.48 bits per heavy atom. The van der Waals surface area contributed by atoms with E-state index in [0.29, 0.717) is 29.4 Å². The molecule has 2 amide bonds. The van der Waals surface area contributed by atoms with Gasteiger partial charge < -0.3 is 10.2 Å². The van der Waals surface area contributed by atoms with Crippen molar-refractivity contribution in [2.45, 2.75) is 38.5 Å². The van der Waals surface area contributed by atoms with E-state index in [1.165, 1.54) is 12.8 Å². The van der Waals surface area contributed by atoms with E-state index in [9.17, 15) is 9.59 Å². The van der Waals surface area contributed by atoms with Crippen LogP contribution in [0.4, 0.5) is 0 Å². The largest absolute Gasteiger partial charge is 0.356 e. The van der Waals surface area contributed by atoms with Gasteiger partial charge in [-0.2, -0.15) is 0 Å². The molecule has 1 aliphatic carbocycles. The molecule has 0 bridgehead atoms. The van der Waals surface area contributed by atoms with Gasteiger partial charge in [-0.25, -0.2) is 0 Å². The normalized spacial score (nSPS) is 23.0. The van der Waals surface area contributed by atoms with Crippen molar-refractivity contribution in [2.24, 2.45) is 11.8 Å². The number of benzene rings is 1. The predicted octanol–water partition coefficient (Wildman–Crippen LogP) is 3.69. The molecule has 2 fully saturated rings. The third-order valence-electron chi connectivity index (χ3n) is 5.07. The molecule has 1 heterocycles. The number of nitrogens with one attached hydrogen (secondary N) is 1.